The summed E-state index contributed by atoms with van der Waals surface area (Å²) in [5.74, 6) is 2.39. The van der Waals surface area contributed by atoms with E-state index in [4.69, 9.17) is 10.5 Å². The molecule has 2 rings (SSSR count). The fraction of sp³-hybridized carbons (Fsp3) is 0.436. The largest absolute Gasteiger partial charge is 0.192 e. The molecule has 0 bridgehead atoms. The normalized spacial score (nSPS) is 10.0. The SMILES string of the molecule is C=c1ccc(=C(C#N)C#N)cc1CCCCCCCCCSSCCCCCCCCc1cc(=C(C#N)C#N)ccc1=C(C#N)C#N. The molecule has 0 aliphatic heterocycles. The Labute approximate surface area is 288 Å². The van der Waals surface area contributed by atoms with E-state index in [0.29, 0.717) is 22.1 Å². The van der Waals surface area contributed by atoms with Crippen LogP contribution < -0.4 is 20.9 Å². The van der Waals surface area contributed by atoms with Crippen molar-refractivity contribution in [1.82, 2.24) is 0 Å². The van der Waals surface area contributed by atoms with E-state index in [1.165, 1.54) is 69.3 Å². The maximum Gasteiger partial charge on any atom is 0.137 e. The molecule has 0 aromatic heterocycles. The lowest BCUT2D eigenvalue weighted by atomic mass is 9.99. The first-order valence-electron chi connectivity index (χ1n) is 16.4. The van der Waals surface area contributed by atoms with Crippen molar-refractivity contribution in [2.75, 3.05) is 11.5 Å². The third-order valence-electron chi connectivity index (χ3n) is 8.01. The summed E-state index contributed by atoms with van der Waals surface area (Å²) in [5, 5.41) is 58.1. The fourth-order valence-electron chi connectivity index (χ4n) is 5.33. The zero-order valence-corrected chi connectivity index (χ0v) is 28.8. The van der Waals surface area contributed by atoms with Gasteiger partial charge in [0.1, 0.15) is 53.1 Å². The zero-order chi connectivity index (χ0) is 34.1. The zero-order valence-electron chi connectivity index (χ0n) is 27.2. The average Bonchev–Trinajstić information content (AvgIpc) is 3.09. The Morgan fingerprint density at radius 1 is 0.468 bits per heavy atom. The maximum atomic E-state index is 9.33. The van der Waals surface area contributed by atoms with Crippen LogP contribution in [0.3, 0.4) is 0 Å². The number of rotatable bonds is 20. The van der Waals surface area contributed by atoms with Gasteiger partial charge in [0.05, 0.1) is 0 Å². The Bertz CT molecular complexity index is 1770. The second-order valence-corrected chi connectivity index (χ2v) is 14.1. The standard InChI is InChI=1S/C39H42N6S2/c1-31-17-18-33(36(25-40)26-41)23-32(31)15-11-7-3-2-5-9-13-21-46-47-22-14-10-6-4-8-12-16-35-24-34(37(27-42)28-43)19-20-39(35)38(29-44)30-45/h17-20,23-24H,1-16,21-22H2. The van der Waals surface area contributed by atoms with Crippen LogP contribution in [0.2, 0.25) is 0 Å². The van der Waals surface area contributed by atoms with Gasteiger partial charge >= 0.3 is 0 Å². The molecule has 0 fully saturated rings. The lowest BCUT2D eigenvalue weighted by molar-refractivity contribution is 0.590. The van der Waals surface area contributed by atoms with Gasteiger partial charge in [0.25, 0.3) is 0 Å². The number of nitriles is 6. The van der Waals surface area contributed by atoms with E-state index in [1.807, 2.05) is 70.1 Å². The highest BCUT2D eigenvalue weighted by Gasteiger charge is 2.05. The molecule has 2 aromatic carbocycles. The molecule has 0 radical (unpaired) electrons. The van der Waals surface area contributed by atoms with Gasteiger partial charge in [-0.25, -0.2) is 0 Å². The van der Waals surface area contributed by atoms with E-state index >= 15 is 0 Å². The van der Waals surface area contributed by atoms with Crippen molar-refractivity contribution in [1.29, 1.82) is 31.6 Å². The van der Waals surface area contributed by atoms with Crippen LogP contribution in [0.15, 0.2) is 36.4 Å². The van der Waals surface area contributed by atoms with Crippen molar-refractivity contribution in [3.8, 4) is 36.4 Å². The molecule has 0 spiro atoms. The second kappa shape index (κ2) is 23.8. The number of nitrogens with zero attached hydrogens (tertiary/aromatic N) is 6. The fourth-order valence-corrected chi connectivity index (χ4v) is 7.62. The summed E-state index contributed by atoms with van der Waals surface area (Å²) < 4.78 is 0. The lowest BCUT2D eigenvalue weighted by Crippen LogP contribution is -2.18. The minimum Gasteiger partial charge on any atom is -0.192 e. The molecule has 0 aliphatic rings. The Kier molecular flexibility index (Phi) is 19.6. The van der Waals surface area contributed by atoms with Gasteiger partial charge in [0.2, 0.25) is 0 Å². The van der Waals surface area contributed by atoms with Gasteiger partial charge in [0.15, 0.2) is 0 Å². The van der Waals surface area contributed by atoms with E-state index in [-0.39, 0.29) is 16.7 Å². The van der Waals surface area contributed by atoms with Crippen LogP contribution in [-0.4, -0.2) is 11.5 Å². The number of aryl methyl sites for hydroxylation is 2. The molecular formula is C39H42N6S2. The first-order chi connectivity index (χ1) is 23.0. The van der Waals surface area contributed by atoms with Gasteiger partial charge < -0.3 is 0 Å². The molecule has 0 atom stereocenters. The number of benzene rings is 2. The van der Waals surface area contributed by atoms with Crippen molar-refractivity contribution >= 4 is 44.9 Å². The smallest absolute Gasteiger partial charge is 0.137 e. The Balaban J connectivity index is 1.50. The van der Waals surface area contributed by atoms with Gasteiger partial charge in [-0.3, -0.25) is 0 Å². The van der Waals surface area contributed by atoms with Gasteiger partial charge in [-0.05, 0) is 67.0 Å². The van der Waals surface area contributed by atoms with Crippen LogP contribution in [0, 0.1) is 68.0 Å². The van der Waals surface area contributed by atoms with E-state index < -0.39 is 0 Å². The molecule has 47 heavy (non-hydrogen) atoms. The molecule has 0 unspecified atom stereocenters. The first kappa shape index (κ1) is 38.7. The van der Waals surface area contributed by atoms with Gasteiger partial charge in [-0.15, -0.1) is 0 Å². The highest BCUT2D eigenvalue weighted by atomic mass is 33.1. The van der Waals surface area contributed by atoms with Crippen LogP contribution in [0.1, 0.15) is 94.6 Å². The summed E-state index contributed by atoms with van der Waals surface area (Å²) in [6.45, 7) is 4.09. The Morgan fingerprint density at radius 2 is 0.851 bits per heavy atom. The van der Waals surface area contributed by atoms with Gasteiger partial charge in [-0.2, -0.15) is 31.6 Å². The summed E-state index contributed by atoms with van der Waals surface area (Å²) in [4.78, 5) is 0. The molecule has 8 heteroatoms. The summed E-state index contributed by atoms with van der Waals surface area (Å²) in [6, 6.07) is 22.4. The van der Waals surface area contributed by atoms with Crippen molar-refractivity contribution in [3.63, 3.8) is 0 Å². The lowest BCUT2D eigenvalue weighted by Gasteiger charge is -2.05. The minimum atomic E-state index is 0.0329. The predicted octanol–water partition coefficient (Wildman–Crippen LogP) is 6.93. The van der Waals surface area contributed by atoms with Crippen molar-refractivity contribution in [3.05, 3.63) is 68.4 Å². The monoisotopic (exact) mass is 658 g/mol. The van der Waals surface area contributed by atoms with Gasteiger partial charge in [0, 0.05) is 27.2 Å². The molecule has 0 aliphatic carbocycles. The van der Waals surface area contributed by atoms with Crippen LogP contribution in [0.25, 0.3) is 23.3 Å². The van der Waals surface area contributed by atoms with E-state index in [1.54, 1.807) is 24.3 Å². The highest BCUT2D eigenvalue weighted by molar-refractivity contribution is 8.76. The molecule has 0 amide bonds. The van der Waals surface area contributed by atoms with Gasteiger partial charge in [-0.1, -0.05) is 110 Å². The van der Waals surface area contributed by atoms with E-state index in [9.17, 15) is 21.0 Å². The van der Waals surface area contributed by atoms with Crippen molar-refractivity contribution < 1.29 is 0 Å². The van der Waals surface area contributed by atoms with Crippen LogP contribution in [-0.2, 0) is 12.8 Å². The molecule has 240 valence electrons. The quantitative estimate of drug-likeness (QED) is 0.110. The molecule has 0 saturated heterocycles. The topological polar surface area (TPSA) is 143 Å². The molecule has 6 nitrogen and oxygen atoms in total. The van der Waals surface area contributed by atoms with Crippen LogP contribution in [0.4, 0.5) is 0 Å². The van der Waals surface area contributed by atoms with E-state index in [0.717, 1.165) is 48.4 Å². The predicted molar refractivity (Wildman–Crippen MR) is 193 cm³/mol. The third-order valence-corrected chi connectivity index (χ3v) is 10.6. The van der Waals surface area contributed by atoms with Crippen LogP contribution >= 0.6 is 21.6 Å². The first-order valence-corrected chi connectivity index (χ1v) is 18.9. The Morgan fingerprint density at radius 3 is 1.32 bits per heavy atom. The average molecular weight is 659 g/mol. The molecular weight excluding hydrogens is 617 g/mol. The van der Waals surface area contributed by atoms with Crippen LogP contribution in [0.5, 0.6) is 0 Å². The number of hydrogen-bond donors (Lipinski definition) is 0. The minimum absolute atomic E-state index is 0.0329. The van der Waals surface area contributed by atoms with Crippen molar-refractivity contribution in [2.24, 2.45) is 0 Å². The second-order valence-electron chi connectivity index (χ2n) is 11.4. The third kappa shape index (κ3) is 14.2. The molecule has 2 aromatic rings. The summed E-state index contributed by atoms with van der Waals surface area (Å²) >= 11 is 0. The summed E-state index contributed by atoms with van der Waals surface area (Å²) in [6.07, 6.45) is 17.0. The molecule has 0 heterocycles. The molecule has 0 N–H and O–H groups in total. The maximum absolute atomic E-state index is 9.33. The number of hydrogen-bond acceptors (Lipinski definition) is 8. The number of unbranched alkanes of at least 4 members (excludes halogenated alkanes) is 11. The summed E-state index contributed by atoms with van der Waals surface area (Å²) in [7, 11) is 3.98. The molecule has 0 saturated carbocycles. The van der Waals surface area contributed by atoms with E-state index in [2.05, 4.69) is 6.58 Å². The Hall–Kier alpha value is -4.44. The highest BCUT2D eigenvalue weighted by Crippen LogP contribution is 2.25. The summed E-state index contributed by atoms with van der Waals surface area (Å²) in [5.41, 5.74) is 2.22. The van der Waals surface area contributed by atoms with Crippen molar-refractivity contribution in [2.45, 2.75) is 96.3 Å².